The van der Waals surface area contributed by atoms with Crippen LogP contribution in [0.3, 0.4) is 0 Å². The fraction of sp³-hybridized carbons (Fsp3) is 0.136. The Kier molecular flexibility index (Phi) is 4.20. The number of rotatable bonds is 3. The molecule has 0 unspecified atom stereocenters. The average molecular weight is 361 g/mol. The Morgan fingerprint density at radius 3 is 2.11 bits per heavy atom. The summed E-state index contributed by atoms with van der Waals surface area (Å²) in [5.74, 6) is 1.37. The molecule has 5 heteroatoms. The quantitative estimate of drug-likeness (QED) is 0.484. The molecule has 1 aliphatic heterocycles. The summed E-state index contributed by atoms with van der Waals surface area (Å²) >= 11 is 0. The summed E-state index contributed by atoms with van der Waals surface area (Å²) in [5.41, 5.74) is 3.63. The fourth-order valence-corrected chi connectivity index (χ4v) is 3.34. The van der Waals surface area contributed by atoms with Crippen LogP contribution in [0.2, 0.25) is 0 Å². The van der Waals surface area contributed by atoms with E-state index in [0.29, 0.717) is 34.2 Å². The number of nitrogens with zero attached hydrogens (tertiary/aromatic N) is 1. The van der Waals surface area contributed by atoms with Crippen molar-refractivity contribution in [3.63, 3.8) is 0 Å². The van der Waals surface area contributed by atoms with Crippen molar-refractivity contribution in [2.75, 3.05) is 19.1 Å². The highest BCUT2D eigenvalue weighted by atomic mass is 16.5. The third-order valence-electron chi connectivity index (χ3n) is 4.52. The van der Waals surface area contributed by atoms with Crippen LogP contribution in [0.15, 0.2) is 60.7 Å². The molecule has 0 saturated carbocycles. The molecule has 0 N–H and O–H groups in total. The van der Waals surface area contributed by atoms with Gasteiger partial charge in [0.05, 0.1) is 31.2 Å². The van der Waals surface area contributed by atoms with Crippen molar-refractivity contribution < 1.29 is 19.0 Å². The minimum Gasteiger partial charge on any atom is -0.494 e. The van der Waals surface area contributed by atoms with Gasteiger partial charge in [0.25, 0.3) is 0 Å². The number of aryl methyl sites for hydroxylation is 1. The minimum absolute atomic E-state index is 0.398. The monoisotopic (exact) mass is 361 g/mol. The summed E-state index contributed by atoms with van der Waals surface area (Å²) in [4.78, 5) is 14.6. The molecule has 0 saturated heterocycles. The molecule has 3 aromatic rings. The molecular formula is C22H19NO4. The van der Waals surface area contributed by atoms with Gasteiger partial charge in [-0.05, 0) is 48.9 Å². The van der Waals surface area contributed by atoms with E-state index < -0.39 is 5.97 Å². The predicted octanol–water partition coefficient (Wildman–Crippen LogP) is 5.01. The smallest absolute Gasteiger partial charge is 0.345 e. The molecule has 0 fully saturated rings. The molecule has 0 radical (unpaired) electrons. The van der Waals surface area contributed by atoms with Crippen LogP contribution >= 0.6 is 0 Å². The van der Waals surface area contributed by atoms with Gasteiger partial charge in [0, 0.05) is 0 Å². The Balaban J connectivity index is 2.10. The molecule has 3 aromatic carbocycles. The lowest BCUT2D eigenvalue weighted by atomic mass is 10.1. The van der Waals surface area contributed by atoms with Crippen LogP contribution in [0, 0.1) is 6.92 Å². The molecule has 0 aromatic heterocycles. The van der Waals surface area contributed by atoms with Crippen molar-refractivity contribution in [1.82, 2.24) is 0 Å². The number of para-hydroxylation sites is 3. The van der Waals surface area contributed by atoms with Crippen molar-refractivity contribution in [3.05, 3.63) is 71.8 Å². The van der Waals surface area contributed by atoms with Crippen molar-refractivity contribution >= 4 is 23.0 Å². The van der Waals surface area contributed by atoms with E-state index in [1.807, 2.05) is 60.4 Å². The molecule has 0 bridgehead atoms. The summed E-state index contributed by atoms with van der Waals surface area (Å²) in [7, 11) is 3.24. The first-order valence-corrected chi connectivity index (χ1v) is 8.57. The first-order valence-electron chi connectivity index (χ1n) is 8.57. The van der Waals surface area contributed by atoms with E-state index in [1.54, 1.807) is 26.4 Å². The standard InChI is InChI=1S/C22H19NO4/c1-14-12-19(25-2)21(20(13-14)26-3)23-16-9-5-4-8-15(16)22(24)27-18-11-7-6-10-17(18)23/h4-13H,1-3H3. The largest absolute Gasteiger partial charge is 0.494 e. The maximum absolute atomic E-state index is 12.7. The zero-order chi connectivity index (χ0) is 19.0. The molecule has 27 heavy (non-hydrogen) atoms. The lowest BCUT2D eigenvalue weighted by molar-refractivity contribution is 0.0738. The molecule has 136 valence electrons. The third-order valence-corrected chi connectivity index (χ3v) is 4.52. The molecular weight excluding hydrogens is 342 g/mol. The van der Waals surface area contributed by atoms with E-state index in [2.05, 4.69) is 0 Å². The zero-order valence-electron chi connectivity index (χ0n) is 15.4. The number of benzene rings is 3. The lowest BCUT2D eigenvalue weighted by Crippen LogP contribution is -2.14. The van der Waals surface area contributed by atoms with Crippen LogP contribution < -0.4 is 19.1 Å². The highest BCUT2D eigenvalue weighted by molar-refractivity contribution is 6.04. The molecule has 0 atom stereocenters. The van der Waals surface area contributed by atoms with Gasteiger partial charge in [-0.25, -0.2) is 4.79 Å². The number of esters is 1. The van der Waals surface area contributed by atoms with Gasteiger partial charge in [0.15, 0.2) is 5.75 Å². The van der Waals surface area contributed by atoms with E-state index >= 15 is 0 Å². The first kappa shape index (κ1) is 17.0. The average Bonchev–Trinajstić information content (AvgIpc) is 2.81. The number of anilines is 3. The van der Waals surface area contributed by atoms with E-state index in [-0.39, 0.29) is 0 Å². The Hall–Kier alpha value is -3.47. The minimum atomic E-state index is -0.398. The van der Waals surface area contributed by atoms with Gasteiger partial charge in [-0.2, -0.15) is 0 Å². The predicted molar refractivity (Wildman–Crippen MR) is 104 cm³/mol. The molecule has 0 aliphatic carbocycles. The summed E-state index contributed by atoms with van der Waals surface area (Å²) in [6.45, 7) is 1.98. The van der Waals surface area contributed by atoms with Gasteiger partial charge in [0.2, 0.25) is 0 Å². The van der Waals surface area contributed by atoms with Crippen LogP contribution in [0.1, 0.15) is 15.9 Å². The van der Waals surface area contributed by atoms with Crippen molar-refractivity contribution in [1.29, 1.82) is 0 Å². The SMILES string of the molecule is COc1cc(C)cc(OC)c1N1c2ccccc2OC(=O)c2ccccc21. The van der Waals surface area contributed by atoms with Crippen molar-refractivity contribution in [2.45, 2.75) is 6.92 Å². The van der Waals surface area contributed by atoms with Crippen LogP contribution in [0.5, 0.6) is 17.2 Å². The highest BCUT2D eigenvalue weighted by Gasteiger charge is 2.31. The number of hydrogen-bond acceptors (Lipinski definition) is 5. The number of fused-ring (bicyclic) bond motifs is 2. The van der Waals surface area contributed by atoms with Crippen molar-refractivity contribution in [3.8, 4) is 17.2 Å². The van der Waals surface area contributed by atoms with E-state index in [4.69, 9.17) is 14.2 Å². The van der Waals surface area contributed by atoms with Gasteiger partial charge in [-0.1, -0.05) is 24.3 Å². The molecule has 1 heterocycles. The summed E-state index contributed by atoms with van der Waals surface area (Å²) in [6, 6.07) is 18.7. The van der Waals surface area contributed by atoms with Crippen LogP contribution in [0.25, 0.3) is 0 Å². The summed E-state index contributed by atoms with van der Waals surface area (Å²) in [6.07, 6.45) is 0. The number of ether oxygens (including phenoxy) is 3. The maximum atomic E-state index is 12.7. The molecule has 5 nitrogen and oxygen atoms in total. The number of carbonyl (C=O) groups excluding carboxylic acids is 1. The first-order chi connectivity index (χ1) is 13.1. The molecule has 4 rings (SSSR count). The van der Waals surface area contributed by atoms with Gasteiger partial charge in [0.1, 0.15) is 17.2 Å². The Bertz CT molecular complexity index is 1000. The Labute approximate surface area is 157 Å². The van der Waals surface area contributed by atoms with Gasteiger partial charge >= 0.3 is 5.97 Å². The summed E-state index contributed by atoms with van der Waals surface area (Å²) in [5, 5.41) is 0. The Morgan fingerprint density at radius 2 is 1.44 bits per heavy atom. The maximum Gasteiger partial charge on any atom is 0.345 e. The van der Waals surface area contributed by atoms with Gasteiger partial charge < -0.3 is 14.2 Å². The van der Waals surface area contributed by atoms with Crippen LogP contribution in [-0.4, -0.2) is 20.2 Å². The molecule has 0 amide bonds. The van der Waals surface area contributed by atoms with Crippen LogP contribution in [-0.2, 0) is 0 Å². The van der Waals surface area contributed by atoms with Crippen LogP contribution in [0.4, 0.5) is 17.1 Å². The molecule has 1 aliphatic rings. The highest BCUT2D eigenvalue weighted by Crippen LogP contribution is 2.51. The normalized spacial score (nSPS) is 12.6. The second-order valence-corrected chi connectivity index (χ2v) is 6.23. The second kappa shape index (κ2) is 6.68. The number of carbonyl (C=O) groups is 1. The number of methoxy groups -OCH3 is 2. The molecule has 0 spiro atoms. The Morgan fingerprint density at radius 1 is 0.852 bits per heavy atom. The van der Waals surface area contributed by atoms with Gasteiger partial charge in [-0.15, -0.1) is 0 Å². The fourth-order valence-electron chi connectivity index (χ4n) is 3.34. The van der Waals surface area contributed by atoms with E-state index in [9.17, 15) is 4.79 Å². The van der Waals surface area contributed by atoms with E-state index in [1.165, 1.54) is 0 Å². The third kappa shape index (κ3) is 2.77. The zero-order valence-corrected chi connectivity index (χ0v) is 15.4. The topological polar surface area (TPSA) is 48.0 Å². The number of hydrogen-bond donors (Lipinski definition) is 0. The lowest BCUT2D eigenvalue weighted by Gasteiger charge is -2.28. The second-order valence-electron chi connectivity index (χ2n) is 6.23. The van der Waals surface area contributed by atoms with Gasteiger partial charge in [-0.3, -0.25) is 4.90 Å². The van der Waals surface area contributed by atoms with E-state index in [0.717, 1.165) is 11.3 Å². The van der Waals surface area contributed by atoms with Crippen molar-refractivity contribution in [2.24, 2.45) is 0 Å². The summed E-state index contributed by atoms with van der Waals surface area (Å²) < 4.78 is 17.0.